The minimum Gasteiger partial charge on any atom is -0.286 e. The molecule has 1 aliphatic heterocycles. The quantitative estimate of drug-likeness (QED) is 0.795. The van der Waals surface area contributed by atoms with E-state index in [2.05, 4.69) is 25.9 Å². The maximum absolute atomic E-state index is 12.7. The summed E-state index contributed by atoms with van der Waals surface area (Å²) in [6.45, 7) is 2.68. The number of rotatable bonds is 2. The predicted molar refractivity (Wildman–Crippen MR) is 93.7 cm³/mol. The van der Waals surface area contributed by atoms with Crippen LogP contribution in [0, 0.1) is 6.92 Å². The number of benzene rings is 1. The lowest BCUT2D eigenvalue weighted by Gasteiger charge is -2.16. The molecule has 22 heavy (non-hydrogen) atoms. The summed E-state index contributed by atoms with van der Waals surface area (Å²) in [6, 6.07) is 9.70. The highest BCUT2D eigenvalue weighted by atomic mass is 79.9. The van der Waals surface area contributed by atoms with Gasteiger partial charge in [0, 0.05) is 29.2 Å². The molecule has 0 atom stereocenters. The SMILES string of the molecule is Cc1ccccc1N=C1SCCN1C(=O)c1cncc(Br)c1. The summed E-state index contributed by atoms with van der Waals surface area (Å²) in [4.78, 5) is 23.1. The average Bonchev–Trinajstić information content (AvgIpc) is 2.97. The third-order valence-corrected chi connectivity index (χ3v) is 4.70. The van der Waals surface area contributed by atoms with Gasteiger partial charge in [0.1, 0.15) is 0 Å². The molecule has 0 saturated carbocycles. The molecule has 0 unspecified atom stereocenters. The average molecular weight is 376 g/mol. The zero-order valence-electron chi connectivity index (χ0n) is 12.0. The summed E-state index contributed by atoms with van der Waals surface area (Å²) < 4.78 is 0.794. The van der Waals surface area contributed by atoms with Crippen LogP contribution in [0.1, 0.15) is 15.9 Å². The minimum absolute atomic E-state index is 0.0638. The van der Waals surface area contributed by atoms with E-state index in [0.29, 0.717) is 12.1 Å². The Labute approximate surface area is 141 Å². The molecule has 1 amide bonds. The van der Waals surface area contributed by atoms with Crippen molar-refractivity contribution in [2.75, 3.05) is 12.3 Å². The van der Waals surface area contributed by atoms with Crippen LogP contribution >= 0.6 is 27.7 Å². The summed E-state index contributed by atoms with van der Waals surface area (Å²) in [5.74, 6) is 0.795. The van der Waals surface area contributed by atoms with Crippen LogP contribution in [0.2, 0.25) is 0 Å². The number of thioether (sulfide) groups is 1. The number of aromatic nitrogens is 1. The highest BCUT2D eigenvalue weighted by molar-refractivity contribution is 9.10. The number of hydrogen-bond acceptors (Lipinski definition) is 4. The van der Waals surface area contributed by atoms with Crippen molar-refractivity contribution in [1.82, 2.24) is 9.88 Å². The number of amidine groups is 1. The van der Waals surface area contributed by atoms with Crippen molar-refractivity contribution < 1.29 is 4.79 Å². The molecule has 1 aromatic carbocycles. The number of carbonyl (C=O) groups is 1. The zero-order chi connectivity index (χ0) is 15.5. The van der Waals surface area contributed by atoms with Gasteiger partial charge in [-0.3, -0.25) is 14.7 Å². The Kier molecular flexibility index (Phi) is 4.59. The van der Waals surface area contributed by atoms with Crippen LogP contribution < -0.4 is 0 Å². The minimum atomic E-state index is -0.0638. The van der Waals surface area contributed by atoms with E-state index in [9.17, 15) is 4.79 Å². The number of aryl methyl sites for hydroxylation is 1. The van der Waals surface area contributed by atoms with Crippen molar-refractivity contribution in [2.24, 2.45) is 4.99 Å². The normalized spacial score (nSPS) is 16.3. The van der Waals surface area contributed by atoms with Crippen molar-refractivity contribution in [2.45, 2.75) is 6.92 Å². The highest BCUT2D eigenvalue weighted by Crippen LogP contribution is 2.26. The number of nitrogens with zero attached hydrogens (tertiary/aromatic N) is 3. The first-order valence-corrected chi connectivity index (χ1v) is 8.62. The Bertz CT molecular complexity index is 748. The lowest BCUT2D eigenvalue weighted by molar-refractivity contribution is 0.0859. The standard InChI is InChI=1S/C16H14BrN3OS/c1-11-4-2-3-5-14(11)19-16-20(6-7-22-16)15(21)12-8-13(17)10-18-9-12/h2-5,8-10H,6-7H2,1H3. The van der Waals surface area contributed by atoms with E-state index in [1.807, 2.05) is 31.2 Å². The molecule has 1 aromatic heterocycles. The van der Waals surface area contributed by atoms with Crippen molar-refractivity contribution >= 4 is 44.5 Å². The molecule has 1 fully saturated rings. The van der Waals surface area contributed by atoms with Gasteiger partial charge in [-0.15, -0.1) is 0 Å². The number of para-hydroxylation sites is 1. The Balaban J connectivity index is 1.90. The van der Waals surface area contributed by atoms with Gasteiger partial charge in [0.25, 0.3) is 5.91 Å². The maximum Gasteiger partial charge on any atom is 0.261 e. The van der Waals surface area contributed by atoms with E-state index in [1.165, 1.54) is 0 Å². The third-order valence-electron chi connectivity index (χ3n) is 3.31. The van der Waals surface area contributed by atoms with E-state index < -0.39 is 0 Å². The monoisotopic (exact) mass is 375 g/mol. The molecular weight excluding hydrogens is 362 g/mol. The Morgan fingerprint density at radius 3 is 2.95 bits per heavy atom. The molecule has 1 aliphatic rings. The second-order valence-corrected chi connectivity index (χ2v) is 6.86. The van der Waals surface area contributed by atoms with Gasteiger partial charge >= 0.3 is 0 Å². The molecule has 0 aliphatic carbocycles. The van der Waals surface area contributed by atoms with E-state index in [1.54, 1.807) is 35.1 Å². The molecule has 0 spiro atoms. The van der Waals surface area contributed by atoms with Crippen molar-refractivity contribution in [1.29, 1.82) is 0 Å². The molecule has 0 N–H and O–H groups in total. The lowest BCUT2D eigenvalue weighted by Crippen LogP contribution is -2.31. The van der Waals surface area contributed by atoms with Gasteiger partial charge in [-0.1, -0.05) is 30.0 Å². The van der Waals surface area contributed by atoms with Crippen molar-refractivity contribution in [3.05, 3.63) is 58.3 Å². The zero-order valence-corrected chi connectivity index (χ0v) is 14.4. The highest BCUT2D eigenvalue weighted by Gasteiger charge is 2.27. The lowest BCUT2D eigenvalue weighted by atomic mass is 10.2. The van der Waals surface area contributed by atoms with E-state index in [4.69, 9.17) is 0 Å². The summed E-state index contributed by atoms with van der Waals surface area (Å²) in [5, 5.41) is 0.749. The first-order chi connectivity index (χ1) is 10.6. The van der Waals surface area contributed by atoms with Crippen LogP contribution in [-0.2, 0) is 0 Å². The first kappa shape index (κ1) is 15.2. The van der Waals surface area contributed by atoms with Crippen LogP contribution in [0.25, 0.3) is 0 Å². The van der Waals surface area contributed by atoms with Gasteiger partial charge in [-0.2, -0.15) is 0 Å². The molecular formula is C16H14BrN3OS. The Morgan fingerprint density at radius 1 is 1.36 bits per heavy atom. The Hall–Kier alpha value is -1.66. The van der Waals surface area contributed by atoms with Crippen LogP contribution in [0.3, 0.4) is 0 Å². The van der Waals surface area contributed by atoms with Gasteiger partial charge in [0.05, 0.1) is 11.3 Å². The van der Waals surface area contributed by atoms with Crippen LogP contribution in [0.15, 0.2) is 52.2 Å². The van der Waals surface area contributed by atoms with Crippen LogP contribution in [-0.4, -0.2) is 33.3 Å². The molecule has 1 saturated heterocycles. The van der Waals surface area contributed by atoms with Crippen molar-refractivity contribution in [3.8, 4) is 0 Å². The van der Waals surface area contributed by atoms with Gasteiger partial charge in [0.2, 0.25) is 0 Å². The number of hydrogen-bond donors (Lipinski definition) is 0. The van der Waals surface area contributed by atoms with Crippen LogP contribution in [0.4, 0.5) is 5.69 Å². The summed E-state index contributed by atoms with van der Waals surface area (Å²) in [7, 11) is 0. The number of pyridine rings is 1. The molecule has 2 heterocycles. The Morgan fingerprint density at radius 2 is 2.18 bits per heavy atom. The third kappa shape index (κ3) is 3.23. The fraction of sp³-hybridized carbons (Fsp3) is 0.188. The molecule has 112 valence electrons. The smallest absolute Gasteiger partial charge is 0.261 e. The number of halogens is 1. The summed E-state index contributed by atoms with van der Waals surface area (Å²) in [6.07, 6.45) is 3.25. The largest absolute Gasteiger partial charge is 0.286 e. The topological polar surface area (TPSA) is 45.6 Å². The fourth-order valence-corrected chi connectivity index (χ4v) is 3.47. The number of carbonyl (C=O) groups excluding carboxylic acids is 1. The van der Waals surface area contributed by atoms with Crippen molar-refractivity contribution in [3.63, 3.8) is 0 Å². The van der Waals surface area contributed by atoms with E-state index in [-0.39, 0.29) is 5.91 Å². The summed E-state index contributed by atoms with van der Waals surface area (Å²) >= 11 is 4.95. The molecule has 0 bridgehead atoms. The molecule has 2 aromatic rings. The molecule has 3 rings (SSSR count). The van der Waals surface area contributed by atoms with E-state index >= 15 is 0 Å². The molecule has 4 nitrogen and oxygen atoms in total. The van der Waals surface area contributed by atoms with Crippen LogP contribution in [0.5, 0.6) is 0 Å². The number of aliphatic imine (C=N–C) groups is 1. The molecule has 0 radical (unpaired) electrons. The summed E-state index contributed by atoms with van der Waals surface area (Å²) in [5.41, 5.74) is 2.56. The van der Waals surface area contributed by atoms with E-state index in [0.717, 1.165) is 26.6 Å². The van der Waals surface area contributed by atoms with Gasteiger partial charge < -0.3 is 0 Å². The first-order valence-electron chi connectivity index (χ1n) is 6.85. The number of amides is 1. The fourth-order valence-electron chi connectivity index (χ4n) is 2.16. The molecule has 6 heteroatoms. The second-order valence-electron chi connectivity index (χ2n) is 4.88. The predicted octanol–water partition coefficient (Wildman–Crippen LogP) is 4.03. The van der Waals surface area contributed by atoms with Gasteiger partial charge in [0.15, 0.2) is 5.17 Å². The van der Waals surface area contributed by atoms with Gasteiger partial charge in [-0.05, 0) is 40.5 Å². The van der Waals surface area contributed by atoms with Gasteiger partial charge in [-0.25, -0.2) is 4.99 Å². The maximum atomic E-state index is 12.7. The second kappa shape index (κ2) is 6.62.